The molecule has 2 N–H and O–H groups in total. The van der Waals surface area contributed by atoms with Crippen LogP contribution in [-0.4, -0.2) is 23.8 Å². The summed E-state index contributed by atoms with van der Waals surface area (Å²) >= 11 is 0. The smallest absolute Gasteiger partial charge is 0.401 e. The normalized spacial score (nSPS) is 15.1. The van der Waals surface area contributed by atoms with E-state index in [4.69, 9.17) is 5.11 Å². The number of carboxylic acid groups (broad SMARTS) is 1. The predicted octanol–water partition coefficient (Wildman–Crippen LogP) is 2.59. The summed E-state index contributed by atoms with van der Waals surface area (Å²) in [4.78, 5) is 11.2. The van der Waals surface area contributed by atoms with Crippen molar-refractivity contribution in [2.24, 2.45) is 0 Å². The molecule has 7 heteroatoms. The van der Waals surface area contributed by atoms with Crippen LogP contribution in [0, 0.1) is 12.7 Å². The molecule has 0 saturated carbocycles. The number of hydrogen-bond donors (Lipinski definition) is 2. The van der Waals surface area contributed by atoms with Crippen LogP contribution in [0.4, 0.5) is 17.6 Å². The van der Waals surface area contributed by atoms with Gasteiger partial charge in [0.05, 0.1) is 6.54 Å². The molecule has 19 heavy (non-hydrogen) atoms. The van der Waals surface area contributed by atoms with Crippen LogP contribution >= 0.6 is 0 Å². The molecule has 1 aromatic rings. The van der Waals surface area contributed by atoms with Gasteiger partial charge in [-0.25, -0.2) is 9.18 Å². The number of aliphatic carboxylic acids is 1. The molecule has 0 spiro atoms. The van der Waals surface area contributed by atoms with Crippen molar-refractivity contribution in [1.82, 2.24) is 5.32 Å². The van der Waals surface area contributed by atoms with E-state index >= 15 is 0 Å². The van der Waals surface area contributed by atoms with Crippen molar-refractivity contribution >= 4 is 5.97 Å². The van der Waals surface area contributed by atoms with Gasteiger partial charge in [0, 0.05) is 0 Å². The average molecular weight is 279 g/mol. The number of carboxylic acids is 1. The van der Waals surface area contributed by atoms with Crippen molar-refractivity contribution in [2.45, 2.75) is 25.6 Å². The van der Waals surface area contributed by atoms with E-state index in [1.807, 2.05) is 5.32 Å². The highest BCUT2D eigenvalue weighted by molar-refractivity contribution is 5.80. The van der Waals surface area contributed by atoms with Crippen molar-refractivity contribution in [3.8, 4) is 0 Å². The monoisotopic (exact) mass is 279 g/mol. The van der Waals surface area contributed by atoms with Crippen molar-refractivity contribution in [2.75, 3.05) is 6.54 Å². The molecule has 0 aliphatic carbocycles. The lowest BCUT2D eigenvalue weighted by Gasteiger charge is -2.27. The van der Waals surface area contributed by atoms with Crippen LogP contribution in [0.1, 0.15) is 18.1 Å². The average Bonchev–Trinajstić information content (AvgIpc) is 2.28. The van der Waals surface area contributed by atoms with Gasteiger partial charge in [0.25, 0.3) is 0 Å². The van der Waals surface area contributed by atoms with Crippen molar-refractivity contribution < 1.29 is 27.5 Å². The van der Waals surface area contributed by atoms with Gasteiger partial charge >= 0.3 is 12.1 Å². The van der Waals surface area contributed by atoms with Crippen LogP contribution in [0.25, 0.3) is 0 Å². The Morgan fingerprint density at radius 1 is 1.37 bits per heavy atom. The first-order valence-corrected chi connectivity index (χ1v) is 5.38. The van der Waals surface area contributed by atoms with Gasteiger partial charge in [0.15, 0.2) is 0 Å². The van der Waals surface area contributed by atoms with E-state index in [9.17, 15) is 22.4 Å². The number of hydrogen-bond acceptors (Lipinski definition) is 2. The molecule has 0 bridgehead atoms. The van der Waals surface area contributed by atoms with E-state index < -0.39 is 30.0 Å². The summed E-state index contributed by atoms with van der Waals surface area (Å²) in [5.41, 5.74) is -1.80. The largest absolute Gasteiger partial charge is 0.480 e. The van der Waals surface area contributed by atoms with Crippen LogP contribution < -0.4 is 5.32 Å². The third-order valence-electron chi connectivity index (χ3n) is 2.82. The van der Waals surface area contributed by atoms with Gasteiger partial charge in [-0.1, -0.05) is 12.1 Å². The number of aryl methyl sites for hydroxylation is 1. The van der Waals surface area contributed by atoms with Gasteiger partial charge in [-0.2, -0.15) is 13.2 Å². The van der Waals surface area contributed by atoms with Crippen molar-refractivity contribution in [3.05, 3.63) is 35.1 Å². The summed E-state index contributed by atoms with van der Waals surface area (Å²) in [6.45, 7) is 1.05. The van der Waals surface area contributed by atoms with Gasteiger partial charge in [0.2, 0.25) is 0 Å². The third kappa shape index (κ3) is 3.66. The van der Waals surface area contributed by atoms with Gasteiger partial charge in [-0.3, -0.25) is 5.32 Å². The van der Waals surface area contributed by atoms with Crippen LogP contribution in [0.3, 0.4) is 0 Å². The topological polar surface area (TPSA) is 49.3 Å². The van der Waals surface area contributed by atoms with E-state index in [0.29, 0.717) is 0 Å². The van der Waals surface area contributed by atoms with Crippen molar-refractivity contribution in [1.29, 1.82) is 0 Å². The molecule has 3 nitrogen and oxygen atoms in total. The summed E-state index contributed by atoms with van der Waals surface area (Å²) < 4.78 is 49.9. The molecule has 0 aliphatic rings. The molecule has 0 amide bonds. The summed E-state index contributed by atoms with van der Waals surface area (Å²) in [7, 11) is 0. The molecule has 0 radical (unpaired) electrons. The van der Waals surface area contributed by atoms with E-state index in [1.54, 1.807) is 0 Å². The van der Waals surface area contributed by atoms with E-state index in [1.165, 1.54) is 19.1 Å². The maximum absolute atomic E-state index is 13.4. The standard InChI is InChI=1S/C12H13F4NO2/c1-7-3-4-8(5-9(7)13)11(2,10(18)19)17-6-12(14,15)16/h3-5,17H,6H2,1-2H3,(H,18,19). The number of carbonyl (C=O) groups is 1. The van der Waals surface area contributed by atoms with Crippen molar-refractivity contribution in [3.63, 3.8) is 0 Å². The lowest BCUT2D eigenvalue weighted by molar-refractivity contribution is -0.150. The summed E-state index contributed by atoms with van der Waals surface area (Å²) in [5.74, 6) is -2.18. The number of alkyl halides is 3. The molecule has 1 rings (SSSR count). The Labute approximate surface area is 107 Å². The zero-order valence-corrected chi connectivity index (χ0v) is 10.3. The van der Waals surface area contributed by atoms with Gasteiger partial charge in [-0.15, -0.1) is 0 Å². The lowest BCUT2D eigenvalue weighted by Crippen LogP contribution is -2.50. The molecule has 0 aromatic heterocycles. The number of rotatable bonds is 4. The Kier molecular flexibility index (Phi) is 4.19. The number of benzene rings is 1. The van der Waals surface area contributed by atoms with Crippen LogP contribution in [0.15, 0.2) is 18.2 Å². The second-order valence-electron chi connectivity index (χ2n) is 4.36. The van der Waals surface area contributed by atoms with Gasteiger partial charge in [-0.05, 0) is 31.0 Å². The number of nitrogens with one attached hydrogen (secondary N) is 1. The second-order valence-corrected chi connectivity index (χ2v) is 4.36. The first kappa shape index (κ1) is 15.4. The fourth-order valence-electron chi connectivity index (χ4n) is 1.48. The van der Waals surface area contributed by atoms with Crippen LogP contribution in [0.2, 0.25) is 0 Å². The predicted molar refractivity (Wildman–Crippen MR) is 60.2 cm³/mol. The fraction of sp³-hybridized carbons (Fsp3) is 0.417. The maximum Gasteiger partial charge on any atom is 0.401 e. The summed E-state index contributed by atoms with van der Waals surface area (Å²) in [6.07, 6.45) is -4.56. The minimum absolute atomic E-state index is 0.0765. The lowest BCUT2D eigenvalue weighted by atomic mass is 9.91. The molecule has 0 saturated heterocycles. The zero-order chi connectivity index (χ0) is 14.8. The van der Waals surface area contributed by atoms with Gasteiger partial charge < -0.3 is 5.11 Å². The Balaban J connectivity index is 3.11. The molecule has 106 valence electrons. The molecule has 1 atom stereocenters. The first-order valence-electron chi connectivity index (χ1n) is 5.38. The summed E-state index contributed by atoms with van der Waals surface area (Å²) in [6, 6.07) is 3.53. The Hall–Kier alpha value is -1.63. The molecular formula is C12H13F4NO2. The Morgan fingerprint density at radius 2 is 1.95 bits per heavy atom. The highest BCUT2D eigenvalue weighted by Crippen LogP contribution is 2.25. The molecular weight excluding hydrogens is 266 g/mol. The van der Waals surface area contributed by atoms with Crippen LogP contribution in [0.5, 0.6) is 0 Å². The molecule has 0 fully saturated rings. The fourth-order valence-corrected chi connectivity index (χ4v) is 1.48. The van der Waals surface area contributed by atoms with E-state index in [0.717, 1.165) is 13.0 Å². The highest BCUT2D eigenvalue weighted by Gasteiger charge is 2.39. The Bertz CT molecular complexity index is 487. The Morgan fingerprint density at radius 3 is 2.37 bits per heavy atom. The maximum atomic E-state index is 13.4. The third-order valence-corrected chi connectivity index (χ3v) is 2.82. The van der Waals surface area contributed by atoms with E-state index in [-0.39, 0.29) is 11.1 Å². The minimum Gasteiger partial charge on any atom is -0.480 e. The quantitative estimate of drug-likeness (QED) is 0.833. The second kappa shape index (κ2) is 5.16. The highest BCUT2D eigenvalue weighted by atomic mass is 19.4. The SMILES string of the molecule is Cc1ccc(C(C)(NCC(F)(F)F)C(=O)O)cc1F. The first-order chi connectivity index (χ1) is 8.56. The molecule has 0 aliphatic heterocycles. The number of halogens is 4. The molecule has 0 heterocycles. The molecule has 1 aromatic carbocycles. The van der Waals surface area contributed by atoms with E-state index in [2.05, 4.69) is 0 Å². The van der Waals surface area contributed by atoms with Crippen LogP contribution in [-0.2, 0) is 10.3 Å². The van der Waals surface area contributed by atoms with Gasteiger partial charge in [0.1, 0.15) is 11.4 Å². The minimum atomic E-state index is -4.56. The molecule has 1 unspecified atom stereocenters. The summed E-state index contributed by atoms with van der Waals surface area (Å²) in [5, 5.41) is 11.0. The zero-order valence-electron chi connectivity index (χ0n) is 10.3.